The Labute approximate surface area is 253 Å². The molecule has 0 bridgehead atoms. The van der Waals surface area contributed by atoms with E-state index in [0.717, 1.165) is 30.4 Å². The van der Waals surface area contributed by atoms with Crippen LogP contribution in [0.2, 0.25) is 0 Å². The number of Topliss-reactive ketones (excluding diaryl/α,β-unsaturated/α-hetero) is 1. The molecule has 1 fully saturated rings. The lowest BCUT2D eigenvalue weighted by Gasteiger charge is -2.26. The van der Waals surface area contributed by atoms with Crippen molar-refractivity contribution in [2.75, 3.05) is 34.0 Å². The van der Waals surface area contributed by atoms with E-state index in [4.69, 9.17) is 18.9 Å². The first-order valence-electron chi connectivity index (χ1n) is 14.7. The van der Waals surface area contributed by atoms with Gasteiger partial charge in [-0.25, -0.2) is 0 Å². The van der Waals surface area contributed by atoms with Crippen LogP contribution in [0.3, 0.4) is 0 Å². The van der Waals surface area contributed by atoms with Gasteiger partial charge in [-0.1, -0.05) is 55.7 Å². The van der Waals surface area contributed by atoms with Crippen molar-refractivity contribution in [3.8, 4) is 17.2 Å². The van der Waals surface area contributed by atoms with Gasteiger partial charge < -0.3 is 29.0 Å². The number of hydrogen-bond donors (Lipinski definition) is 1. The third-order valence-electron chi connectivity index (χ3n) is 7.41. The van der Waals surface area contributed by atoms with E-state index in [1.165, 1.54) is 4.90 Å². The van der Waals surface area contributed by atoms with E-state index in [0.29, 0.717) is 54.6 Å². The maximum atomic E-state index is 13.4. The predicted molar refractivity (Wildman–Crippen MR) is 165 cm³/mol. The van der Waals surface area contributed by atoms with Gasteiger partial charge in [0.25, 0.3) is 11.7 Å². The second-order valence-electron chi connectivity index (χ2n) is 10.6. The molecule has 3 aromatic rings. The Bertz CT molecular complexity index is 1430. The monoisotopic (exact) mass is 587 g/mol. The highest BCUT2D eigenvalue weighted by atomic mass is 16.5. The third kappa shape index (κ3) is 7.76. The van der Waals surface area contributed by atoms with Gasteiger partial charge in [-0.3, -0.25) is 9.59 Å². The standard InChI is InChI=1S/C35H41NO7/c1-5-6-7-20-42-29-17-14-27(22-30(29)41-4)32-31(34(38)35(39)36(32)18-9-19-40-3)33(37)26-12-15-28(16-13-26)43-23-25-11-8-10-24(2)21-25/h8,10-17,21-22,32,37H,5-7,9,18-20,23H2,1-4H3/b33-31+. The normalized spacial score (nSPS) is 16.0. The molecule has 43 heavy (non-hydrogen) atoms. The minimum atomic E-state index is -0.808. The number of unbranched alkanes of at least 4 members (excludes halogenated alkanes) is 2. The maximum absolute atomic E-state index is 13.4. The summed E-state index contributed by atoms with van der Waals surface area (Å²) in [6, 6.07) is 19.5. The highest BCUT2D eigenvalue weighted by Crippen LogP contribution is 2.42. The van der Waals surface area contributed by atoms with Gasteiger partial charge in [-0.15, -0.1) is 0 Å². The van der Waals surface area contributed by atoms with E-state index >= 15 is 0 Å². The molecule has 3 aromatic carbocycles. The lowest BCUT2D eigenvalue weighted by Crippen LogP contribution is -2.31. The first kappa shape index (κ1) is 31.6. The molecule has 0 aliphatic carbocycles. The van der Waals surface area contributed by atoms with Crippen LogP contribution in [-0.4, -0.2) is 55.7 Å². The number of rotatable bonds is 15. The number of carbonyl (C=O) groups excluding carboxylic acids is 2. The Balaban J connectivity index is 1.64. The molecular formula is C35H41NO7. The van der Waals surface area contributed by atoms with Gasteiger partial charge in [0.1, 0.15) is 18.1 Å². The first-order chi connectivity index (χ1) is 20.9. The summed E-state index contributed by atoms with van der Waals surface area (Å²) in [5, 5.41) is 11.5. The number of aryl methyl sites for hydroxylation is 1. The second-order valence-corrected chi connectivity index (χ2v) is 10.6. The molecule has 1 heterocycles. The van der Waals surface area contributed by atoms with Crippen LogP contribution in [0.4, 0.5) is 0 Å². The smallest absolute Gasteiger partial charge is 0.295 e. The topological polar surface area (TPSA) is 94.5 Å². The molecule has 0 aromatic heterocycles. The number of aliphatic hydroxyl groups is 1. The summed E-state index contributed by atoms with van der Waals surface area (Å²) in [4.78, 5) is 28.2. The summed E-state index contributed by atoms with van der Waals surface area (Å²) in [5.41, 5.74) is 3.27. The van der Waals surface area contributed by atoms with Crippen molar-refractivity contribution in [2.24, 2.45) is 0 Å². The van der Waals surface area contributed by atoms with Crippen molar-refractivity contribution < 1.29 is 33.6 Å². The van der Waals surface area contributed by atoms with Gasteiger partial charge in [-0.2, -0.15) is 0 Å². The van der Waals surface area contributed by atoms with Crippen molar-refractivity contribution in [3.63, 3.8) is 0 Å². The Morgan fingerprint density at radius 3 is 2.37 bits per heavy atom. The van der Waals surface area contributed by atoms with Gasteiger partial charge >= 0.3 is 0 Å². The van der Waals surface area contributed by atoms with Crippen LogP contribution < -0.4 is 14.2 Å². The van der Waals surface area contributed by atoms with E-state index in [1.54, 1.807) is 50.6 Å². The number of likely N-dealkylation sites (tertiary alicyclic amines) is 1. The van der Waals surface area contributed by atoms with Gasteiger partial charge in [0.15, 0.2) is 11.5 Å². The lowest BCUT2D eigenvalue weighted by molar-refractivity contribution is -0.140. The number of amides is 1. The van der Waals surface area contributed by atoms with Crippen molar-refractivity contribution in [3.05, 3.63) is 94.6 Å². The predicted octanol–water partition coefficient (Wildman–Crippen LogP) is 6.61. The number of benzene rings is 3. The zero-order chi connectivity index (χ0) is 30.8. The summed E-state index contributed by atoms with van der Waals surface area (Å²) in [6.07, 6.45) is 3.61. The SMILES string of the molecule is CCCCCOc1ccc(C2/C(=C(\O)c3ccc(OCc4cccc(C)c4)cc3)C(=O)C(=O)N2CCCOC)cc1OC. The summed E-state index contributed by atoms with van der Waals surface area (Å²) in [5.74, 6) is 0.0419. The van der Waals surface area contributed by atoms with Crippen LogP contribution in [0.15, 0.2) is 72.3 Å². The van der Waals surface area contributed by atoms with E-state index in [-0.39, 0.29) is 17.9 Å². The Hall–Kier alpha value is -4.30. The number of ketones is 1. The van der Waals surface area contributed by atoms with Crippen molar-refractivity contribution in [2.45, 2.75) is 52.2 Å². The largest absolute Gasteiger partial charge is 0.507 e. The molecule has 1 aliphatic heterocycles. The molecule has 0 saturated carbocycles. The summed E-state index contributed by atoms with van der Waals surface area (Å²) in [6.45, 7) is 5.83. The van der Waals surface area contributed by atoms with E-state index in [1.807, 2.05) is 31.2 Å². The molecule has 1 unspecified atom stereocenters. The summed E-state index contributed by atoms with van der Waals surface area (Å²) < 4.78 is 22.7. The first-order valence-corrected chi connectivity index (χ1v) is 14.7. The Kier molecular flexibility index (Phi) is 11.2. The third-order valence-corrected chi connectivity index (χ3v) is 7.41. The molecule has 4 rings (SSSR count). The average molecular weight is 588 g/mol. The molecule has 1 aliphatic rings. The summed E-state index contributed by atoms with van der Waals surface area (Å²) >= 11 is 0. The molecular weight excluding hydrogens is 546 g/mol. The number of hydrogen-bond acceptors (Lipinski definition) is 7. The van der Waals surface area contributed by atoms with Crippen molar-refractivity contribution in [1.29, 1.82) is 0 Å². The van der Waals surface area contributed by atoms with Gasteiger partial charge in [-0.05, 0) is 67.3 Å². The molecule has 1 amide bonds. The fourth-order valence-electron chi connectivity index (χ4n) is 5.18. The van der Waals surface area contributed by atoms with Crippen LogP contribution in [0, 0.1) is 6.92 Å². The molecule has 0 spiro atoms. The Morgan fingerprint density at radius 2 is 1.67 bits per heavy atom. The van der Waals surface area contributed by atoms with Crippen molar-refractivity contribution in [1.82, 2.24) is 4.90 Å². The molecule has 8 heteroatoms. The van der Waals surface area contributed by atoms with Crippen LogP contribution in [0.1, 0.15) is 60.9 Å². The van der Waals surface area contributed by atoms with Gasteiger partial charge in [0.05, 0.1) is 25.3 Å². The van der Waals surface area contributed by atoms with Crippen LogP contribution >= 0.6 is 0 Å². The lowest BCUT2D eigenvalue weighted by atomic mass is 9.95. The number of carbonyl (C=O) groups is 2. The van der Waals surface area contributed by atoms with E-state index in [9.17, 15) is 14.7 Å². The minimum absolute atomic E-state index is 0.0227. The molecule has 8 nitrogen and oxygen atoms in total. The zero-order valence-corrected chi connectivity index (χ0v) is 25.4. The van der Waals surface area contributed by atoms with Crippen LogP contribution in [-0.2, 0) is 20.9 Å². The number of nitrogens with zero attached hydrogens (tertiary/aromatic N) is 1. The number of ether oxygens (including phenoxy) is 4. The molecule has 0 radical (unpaired) electrons. The average Bonchev–Trinajstić information content (AvgIpc) is 3.27. The highest BCUT2D eigenvalue weighted by molar-refractivity contribution is 6.46. The second kappa shape index (κ2) is 15.3. The van der Waals surface area contributed by atoms with Gasteiger partial charge in [0, 0.05) is 25.8 Å². The van der Waals surface area contributed by atoms with Crippen LogP contribution in [0.5, 0.6) is 17.2 Å². The van der Waals surface area contributed by atoms with Crippen LogP contribution in [0.25, 0.3) is 5.76 Å². The fourth-order valence-corrected chi connectivity index (χ4v) is 5.18. The maximum Gasteiger partial charge on any atom is 0.295 e. The molecule has 228 valence electrons. The molecule has 1 N–H and O–H groups in total. The zero-order valence-electron chi connectivity index (χ0n) is 25.4. The molecule has 1 atom stereocenters. The Morgan fingerprint density at radius 1 is 0.884 bits per heavy atom. The minimum Gasteiger partial charge on any atom is -0.507 e. The molecule has 1 saturated heterocycles. The quantitative estimate of drug-likeness (QED) is 0.0925. The summed E-state index contributed by atoms with van der Waals surface area (Å²) in [7, 11) is 3.14. The van der Waals surface area contributed by atoms with E-state index < -0.39 is 17.7 Å². The van der Waals surface area contributed by atoms with Gasteiger partial charge in [0.2, 0.25) is 0 Å². The number of aliphatic hydroxyl groups excluding tert-OH is 1. The van der Waals surface area contributed by atoms with Crippen molar-refractivity contribution >= 4 is 17.4 Å². The fraction of sp³-hybridized carbons (Fsp3) is 0.371. The highest BCUT2D eigenvalue weighted by Gasteiger charge is 2.46. The van der Waals surface area contributed by atoms with E-state index in [2.05, 4.69) is 13.0 Å². The number of methoxy groups -OCH3 is 2.